The first kappa shape index (κ1) is 15.5. The third kappa shape index (κ3) is 4.88. The highest BCUT2D eigenvalue weighted by Crippen LogP contribution is 2.32. The third-order valence-corrected chi connectivity index (χ3v) is 3.71. The molecule has 0 radical (unpaired) electrons. The first-order chi connectivity index (χ1) is 9.95. The molecule has 2 rings (SSSR count). The number of carbonyl (C=O) groups is 2. The van der Waals surface area contributed by atoms with E-state index in [2.05, 4.69) is 10.4 Å². The van der Waals surface area contributed by atoms with Gasteiger partial charge in [0.25, 0.3) is 5.91 Å². The van der Waals surface area contributed by atoms with Gasteiger partial charge in [-0.2, -0.15) is 5.10 Å². The fourth-order valence-corrected chi connectivity index (χ4v) is 2.33. The van der Waals surface area contributed by atoms with Gasteiger partial charge in [0.05, 0.1) is 18.7 Å². The van der Waals surface area contributed by atoms with Crippen molar-refractivity contribution < 1.29 is 14.3 Å². The normalized spacial score (nSPS) is 15.6. The fraction of sp³-hybridized carbons (Fsp3) is 0.667. The zero-order valence-corrected chi connectivity index (χ0v) is 12.9. The lowest BCUT2D eigenvalue weighted by molar-refractivity contribution is -0.149. The van der Waals surface area contributed by atoms with Crippen molar-refractivity contribution in [2.45, 2.75) is 52.6 Å². The van der Waals surface area contributed by atoms with Crippen molar-refractivity contribution in [1.29, 1.82) is 0 Å². The maximum atomic E-state index is 11.6. The second-order valence-corrected chi connectivity index (χ2v) is 5.75. The Balaban J connectivity index is 1.65. The van der Waals surface area contributed by atoms with E-state index < -0.39 is 0 Å². The van der Waals surface area contributed by atoms with Crippen molar-refractivity contribution in [3.8, 4) is 0 Å². The van der Waals surface area contributed by atoms with Crippen molar-refractivity contribution in [3.63, 3.8) is 0 Å². The van der Waals surface area contributed by atoms with Gasteiger partial charge in [0.1, 0.15) is 0 Å². The number of hydrogen-bond acceptors (Lipinski definition) is 4. The number of esters is 1. The number of amides is 1. The van der Waals surface area contributed by atoms with E-state index in [0.717, 1.165) is 11.4 Å². The third-order valence-electron chi connectivity index (χ3n) is 3.71. The predicted octanol–water partition coefficient (Wildman–Crippen LogP) is 1.35. The number of nitrogens with one attached hydrogen (secondary N) is 1. The van der Waals surface area contributed by atoms with Crippen LogP contribution in [0.2, 0.25) is 0 Å². The second kappa shape index (κ2) is 6.74. The number of aryl methyl sites for hydroxylation is 3. The molecule has 1 aliphatic rings. The summed E-state index contributed by atoms with van der Waals surface area (Å²) >= 11 is 0. The molecule has 0 aromatic carbocycles. The van der Waals surface area contributed by atoms with Crippen molar-refractivity contribution in [2.24, 2.45) is 5.92 Å². The van der Waals surface area contributed by atoms with Crippen LogP contribution in [-0.4, -0.2) is 34.3 Å². The molecule has 1 unspecified atom stereocenters. The van der Waals surface area contributed by atoms with Gasteiger partial charge in [0.15, 0.2) is 6.61 Å². The molecule has 1 atom stereocenters. The number of aromatic nitrogens is 2. The summed E-state index contributed by atoms with van der Waals surface area (Å²) in [6.45, 7) is 6.11. The molecule has 1 saturated carbocycles. The van der Waals surface area contributed by atoms with Gasteiger partial charge >= 0.3 is 5.97 Å². The van der Waals surface area contributed by atoms with Crippen molar-refractivity contribution in [2.75, 3.05) is 6.61 Å². The van der Waals surface area contributed by atoms with E-state index >= 15 is 0 Å². The largest absolute Gasteiger partial charge is 0.456 e. The SMILES string of the molecule is Cc1cc(C)n(CCC(=O)OCC(=O)NC(C)C2CC2)n1. The maximum Gasteiger partial charge on any atom is 0.308 e. The molecule has 1 heterocycles. The van der Waals surface area contributed by atoms with Crippen LogP contribution < -0.4 is 5.32 Å². The minimum atomic E-state index is -0.378. The van der Waals surface area contributed by atoms with Crippen LogP contribution in [0.3, 0.4) is 0 Å². The molecule has 6 nitrogen and oxygen atoms in total. The zero-order valence-electron chi connectivity index (χ0n) is 12.9. The number of rotatable bonds is 7. The van der Waals surface area contributed by atoms with E-state index in [1.54, 1.807) is 4.68 Å². The minimum absolute atomic E-state index is 0.172. The Kier molecular flexibility index (Phi) is 4.98. The summed E-state index contributed by atoms with van der Waals surface area (Å²) in [5, 5.41) is 7.12. The Labute approximate surface area is 124 Å². The molecule has 1 N–H and O–H groups in total. The Hall–Kier alpha value is -1.85. The van der Waals surface area contributed by atoms with Gasteiger partial charge in [0, 0.05) is 11.7 Å². The molecule has 0 aliphatic heterocycles. The molecular weight excluding hydrogens is 270 g/mol. The molecule has 1 amide bonds. The van der Waals surface area contributed by atoms with Crippen LogP contribution in [0.5, 0.6) is 0 Å². The fourth-order valence-electron chi connectivity index (χ4n) is 2.33. The summed E-state index contributed by atoms with van der Waals surface area (Å²) in [6, 6.07) is 2.13. The van der Waals surface area contributed by atoms with E-state index in [1.165, 1.54) is 12.8 Å². The van der Waals surface area contributed by atoms with Gasteiger partial charge in [-0.05, 0) is 45.6 Å². The topological polar surface area (TPSA) is 73.2 Å². The van der Waals surface area contributed by atoms with E-state index in [0.29, 0.717) is 12.5 Å². The molecule has 0 spiro atoms. The molecule has 0 bridgehead atoms. The lowest BCUT2D eigenvalue weighted by Gasteiger charge is -2.12. The number of ether oxygens (including phenoxy) is 1. The first-order valence-electron chi connectivity index (χ1n) is 7.41. The van der Waals surface area contributed by atoms with Gasteiger partial charge in [0.2, 0.25) is 0 Å². The Morgan fingerprint density at radius 3 is 2.76 bits per heavy atom. The van der Waals surface area contributed by atoms with Gasteiger partial charge in [-0.3, -0.25) is 14.3 Å². The Morgan fingerprint density at radius 2 is 2.19 bits per heavy atom. The minimum Gasteiger partial charge on any atom is -0.456 e. The Bertz CT molecular complexity index is 520. The lowest BCUT2D eigenvalue weighted by atomic mass is 10.2. The molecule has 0 saturated heterocycles. The van der Waals surface area contributed by atoms with Crippen LogP contribution in [0.1, 0.15) is 37.6 Å². The number of hydrogen-bond donors (Lipinski definition) is 1. The summed E-state index contributed by atoms with van der Waals surface area (Å²) in [5.74, 6) is -0.0127. The molecular formula is C15H23N3O3. The summed E-state index contributed by atoms with van der Waals surface area (Å²) in [5.41, 5.74) is 1.94. The Morgan fingerprint density at radius 1 is 1.48 bits per heavy atom. The van der Waals surface area contributed by atoms with Crippen LogP contribution in [0.25, 0.3) is 0 Å². The van der Waals surface area contributed by atoms with Crippen molar-refractivity contribution in [3.05, 3.63) is 17.5 Å². The van der Waals surface area contributed by atoms with Gasteiger partial charge in [-0.1, -0.05) is 0 Å². The van der Waals surface area contributed by atoms with Crippen LogP contribution in [-0.2, 0) is 20.9 Å². The first-order valence-corrected chi connectivity index (χ1v) is 7.41. The van der Waals surface area contributed by atoms with Crippen LogP contribution in [0.15, 0.2) is 6.07 Å². The van der Waals surface area contributed by atoms with Gasteiger partial charge in [-0.15, -0.1) is 0 Å². The van der Waals surface area contributed by atoms with E-state index in [1.807, 2.05) is 26.8 Å². The summed E-state index contributed by atoms with van der Waals surface area (Å²) in [6.07, 6.45) is 2.56. The zero-order chi connectivity index (χ0) is 15.4. The maximum absolute atomic E-state index is 11.6. The average molecular weight is 293 g/mol. The highest BCUT2D eigenvalue weighted by Gasteiger charge is 2.28. The van der Waals surface area contributed by atoms with E-state index in [9.17, 15) is 9.59 Å². The number of nitrogens with zero attached hydrogens (tertiary/aromatic N) is 2. The molecule has 6 heteroatoms. The van der Waals surface area contributed by atoms with E-state index in [-0.39, 0.29) is 30.9 Å². The highest BCUT2D eigenvalue weighted by molar-refractivity contribution is 5.80. The van der Waals surface area contributed by atoms with Crippen molar-refractivity contribution in [1.82, 2.24) is 15.1 Å². The van der Waals surface area contributed by atoms with Crippen LogP contribution in [0.4, 0.5) is 0 Å². The number of carbonyl (C=O) groups excluding carboxylic acids is 2. The summed E-state index contributed by atoms with van der Waals surface area (Å²) in [4.78, 5) is 23.2. The van der Waals surface area contributed by atoms with Gasteiger partial charge < -0.3 is 10.1 Å². The lowest BCUT2D eigenvalue weighted by Crippen LogP contribution is -2.37. The average Bonchev–Trinajstić information content (AvgIpc) is 3.20. The highest BCUT2D eigenvalue weighted by atomic mass is 16.5. The molecule has 1 fully saturated rings. The van der Waals surface area contributed by atoms with Crippen molar-refractivity contribution >= 4 is 11.9 Å². The van der Waals surface area contributed by atoms with Gasteiger partial charge in [-0.25, -0.2) is 0 Å². The molecule has 21 heavy (non-hydrogen) atoms. The monoisotopic (exact) mass is 293 g/mol. The molecule has 1 aromatic rings. The standard InChI is InChI=1S/C15H23N3O3/c1-10-8-11(2)18(17-10)7-6-15(20)21-9-14(19)16-12(3)13-4-5-13/h8,12-13H,4-7,9H2,1-3H3,(H,16,19). The summed E-state index contributed by atoms with van der Waals surface area (Å²) < 4.78 is 6.75. The molecule has 116 valence electrons. The van der Waals surface area contributed by atoms with E-state index in [4.69, 9.17) is 4.74 Å². The smallest absolute Gasteiger partial charge is 0.308 e. The van der Waals surface area contributed by atoms with Crippen LogP contribution in [0, 0.1) is 19.8 Å². The summed E-state index contributed by atoms with van der Waals surface area (Å²) in [7, 11) is 0. The molecule has 1 aliphatic carbocycles. The predicted molar refractivity (Wildman–Crippen MR) is 77.6 cm³/mol. The second-order valence-electron chi connectivity index (χ2n) is 5.75. The molecule has 1 aromatic heterocycles. The van der Waals surface area contributed by atoms with Crippen LogP contribution >= 0.6 is 0 Å². The quantitative estimate of drug-likeness (QED) is 0.770.